The number of imidazole rings is 2. The van der Waals surface area contributed by atoms with Crippen LogP contribution < -0.4 is 0 Å². The summed E-state index contributed by atoms with van der Waals surface area (Å²) < 4.78 is 4.66. The highest BCUT2D eigenvalue weighted by Gasteiger charge is 2.13. The normalized spacial score (nSPS) is 11.5. The molecule has 0 aliphatic heterocycles. The Morgan fingerprint density at radius 1 is 0.395 bits per heavy atom. The van der Waals surface area contributed by atoms with Gasteiger partial charge in [-0.1, -0.05) is 86.3 Å². The van der Waals surface area contributed by atoms with Crippen molar-refractivity contribution in [1.82, 2.24) is 19.1 Å². The van der Waals surface area contributed by atoms with Crippen molar-refractivity contribution < 1.29 is 0 Å². The topological polar surface area (TPSA) is 35.6 Å². The van der Waals surface area contributed by atoms with E-state index in [-0.39, 0.29) is 0 Å². The summed E-state index contributed by atoms with van der Waals surface area (Å²) >= 11 is 0. The molecule has 0 aliphatic carbocycles. The molecule has 4 nitrogen and oxygen atoms in total. The summed E-state index contributed by atoms with van der Waals surface area (Å²) in [6, 6.07) is 38.1. The molecule has 0 N–H and O–H groups in total. The molecule has 0 saturated heterocycles. The fraction of sp³-hybridized carbons (Fsp3) is 0.235. The van der Waals surface area contributed by atoms with Gasteiger partial charge in [-0.15, -0.1) is 0 Å². The Balaban J connectivity index is 1.02. The van der Waals surface area contributed by atoms with Gasteiger partial charge in [0, 0.05) is 24.2 Å². The molecule has 2 heterocycles. The van der Waals surface area contributed by atoms with E-state index >= 15 is 0 Å². The summed E-state index contributed by atoms with van der Waals surface area (Å²) in [6.45, 7) is 0. The van der Waals surface area contributed by atoms with Gasteiger partial charge in [0.2, 0.25) is 0 Å². The second-order valence-corrected chi connectivity index (χ2v) is 10.00. The van der Waals surface area contributed by atoms with Crippen LogP contribution in [0.25, 0.3) is 33.4 Å². The summed E-state index contributed by atoms with van der Waals surface area (Å²) in [5, 5.41) is 0. The molecule has 38 heavy (non-hydrogen) atoms. The number of unbranched alkanes of at least 4 members (excludes halogenated alkanes) is 5. The van der Waals surface area contributed by atoms with Gasteiger partial charge < -0.3 is 0 Å². The van der Waals surface area contributed by atoms with Gasteiger partial charge in [-0.05, 0) is 61.4 Å². The zero-order valence-electron chi connectivity index (χ0n) is 21.8. The molecule has 4 heteroatoms. The number of hydrogen-bond acceptors (Lipinski definition) is 2. The molecule has 6 aromatic rings. The van der Waals surface area contributed by atoms with Gasteiger partial charge in [-0.3, -0.25) is 9.13 Å². The van der Waals surface area contributed by atoms with E-state index in [9.17, 15) is 0 Å². The largest absolute Gasteiger partial charge is 0.296 e. The molecule has 0 saturated carbocycles. The molecular weight excluding hydrogens is 464 g/mol. The molecule has 190 valence electrons. The lowest BCUT2D eigenvalue weighted by atomic mass is 10.1. The van der Waals surface area contributed by atoms with Crippen LogP contribution in [0.4, 0.5) is 0 Å². The molecule has 0 unspecified atom stereocenters. The summed E-state index contributed by atoms with van der Waals surface area (Å²) in [5.41, 5.74) is 6.92. The number of aryl methyl sites for hydroxylation is 2. The number of nitrogens with zero attached hydrogens (tertiary/aromatic N) is 4. The second kappa shape index (κ2) is 11.5. The zero-order chi connectivity index (χ0) is 25.6. The fourth-order valence-corrected chi connectivity index (χ4v) is 5.49. The molecule has 0 atom stereocenters. The Hall–Kier alpha value is -4.18. The lowest BCUT2D eigenvalue weighted by Gasteiger charge is -2.10. The lowest BCUT2D eigenvalue weighted by molar-refractivity contribution is 0.582. The van der Waals surface area contributed by atoms with Gasteiger partial charge in [-0.2, -0.15) is 0 Å². The minimum absolute atomic E-state index is 1.00. The summed E-state index contributed by atoms with van der Waals surface area (Å²) in [4.78, 5) is 9.95. The van der Waals surface area contributed by atoms with E-state index in [1.54, 1.807) is 0 Å². The quantitative estimate of drug-likeness (QED) is 0.168. The molecule has 0 bridgehead atoms. The maximum absolute atomic E-state index is 4.97. The lowest BCUT2D eigenvalue weighted by Crippen LogP contribution is -2.02. The van der Waals surface area contributed by atoms with Crippen LogP contribution in [0.1, 0.15) is 50.2 Å². The Kier molecular flexibility index (Phi) is 7.30. The maximum atomic E-state index is 4.97. The predicted octanol–water partition coefficient (Wildman–Crippen LogP) is 8.49. The molecule has 2 aromatic heterocycles. The van der Waals surface area contributed by atoms with Crippen LogP contribution in [-0.4, -0.2) is 19.1 Å². The third-order valence-corrected chi connectivity index (χ3v) is 7.34. The van der Waals surface area contributed by atoms with Crippen LogP contribution in [-0.2, 0) is 12.8 Å². The molecule has 0 fully saturated rings. The van der Waals surface area contributed by atoms with E-state index in [0.717, 1.165) is 35.5 Å². The summed E-state index contributed by atoms with van der Waals surface area (Å²) in [7, 11) is 0. The molecule has 0 aliphatic rings. The Morgan fingerprint density at radius 3 is 1.21 bits per heavy atom. The summed E-state index contributed by atoms with van der Waals surface area (Å²) in [5.74, 6) is 2.33. The molecule has 4 aromatic carbocycles. The number of rotatable bonds is 11. The minimum Gasteiger partial charge on any atom is -0.296 e. The first kappa shape index (κ1) is 24.2. The van der Waals surface area contributed by atoms with Gasteiger partial charge in [0.1, 0.15) is 11.6 Å². The third-order valence-electron chi connectivity index (χ3n) is 7.34. The number of benzene rings is 4. The number of hydrogen-bond donors (Lipinski definition) is 0. The number of fused-ring (bicyclic) bond motifs is 2. The van der Waals surface area contributed by atoms with E-state index in [1.807, 2.05) is 0 Å². The van der Waals surface area contributed by atoms with E-state index in [2.05, 4.69) is 118 Å². The van der Waals surface area contributed by atoms with Gasteiger partial charge in [0.05, 0.1) is 22.1 Å². The standard InChI is InChI=1S/C34H34N4/c1(3-11-25-33-35-29-21-13-15-23-31(29)37(33)27-17-7-5-8-18-27)2-4-12-26-34-36-30-22-14-16-24-32(30)38(34)28-19-9-6-10-20-28/h5-10,13-24H,1-4,11-12,25-26H2. The van der Waals surface area contributed by atoms with E-state index < -0.39 is 0 Å². The van der Waals surface area contributed by atoms with Crippen LogP contribution in [0.5, 0.6) is 0 Å². The van der Waals surface area contributed by atoms with Crippen molar-refractivity contribution in [2.75, 3.05) is 0 Å². The van der Waals surface area contributed by atoms with Crippen molar-refractivity contribution >= 4 is 22.1 Å². The second-order valence-electron chi connectivity index (χ2n) is 10.00. The average Bonchev–Trinajstić information content (AvgIpc) is 3.53. The van der Waals surface area contributed by atoms with E-state index in [0.29, 0.717) is 0 Å². The van der Waals surface area contributed by atoms with Crippen molar-refractivity contribution in [3.63, 3.8) is 0 Å². The highest BCUT2D eigenvalue weighted by Crippen LogP contribution is 2.24. The van der Waals surface area contributed by atoms with Crippen molar-refractivity contribution in [3.8, 4) is 11.4 Å². The molecule has 0 radical (unpaired) electrons. The van der Waals surface area contributed by atoms with Crippen LogP contribution in [0, 0.1) is 0 Å². The van der Waals surface area contributed by atoms with Gasteiger partial charge in [0.15, 0.2) is 0 Å². The molecule has 0 amide bonds. The highest BCUT2D eigenvalue weighted by molar-refractivity contribution is 5.79. The molecular formula is C34H34N4. The zero-order valence-corrected chi connectivity index (χ0v) is 21.8. The number of para-hydroxylation sites is 6. The maximum Gasteiger partial charge on any atom is 0.114 e. The van der Waals surface area contributed by atoms with Crippen LogP contribution >= 0.6 is 0 Å². The predicted molar refractivity (Wildman–Crippen MR) is 157 cm³/mol. The summed E-state index contributed by atoms with van der Waals surface area (Å²) in [6.07, 6.45) is 9.34. The monoisotopic (exact) mass is 498 g/mol. The van der Waals surface area contributed by atoms with Crippen LogP contribution in [0.3, 0.4) is 0 Å². The highest BCUT2D eigenvalue weighted by atomic mass is 15.1. The first-order valence-corrected chi connectivity index (χ1v) is 13.9. The van der Waals surface area contributed by atoms with Crippen molar-refractivity contribution in [1.29, 1.82) is 0 Å². The van der Waals surface area contributed by atoms with E-state index in [1.165, 1.54) is 60.9 Å². The van der Waals surface area contributed by atoms with Crippen molar-refractivity contribution in [2.24, 2.45) is 0 Å². The van der Waals surface area contributed by atoms with Gasteiger partial charge in [0.25, 0.3) is 0 Å². The first-order valence-electron chi connectivity index (χ1n) is 13.9. The fourth-order valence-electron chi connectivity index (χ4n) is 5.49. The Bertz CT molecular complexity index is 1490. The SMILES string of the molecule is c1ccc(-n2c(CCCCCCCCc3nc4ccccc4n3-c3ccccc3)nc3ccccc32)cc1. The van der Waals surface area contributed by atoms with Gasteiger partial charge in [-0.25, -0.2) is 9.97 Å². The Morgan fingerprint density at radius 2 is 0.763 bits per heavy atom. The minimum atomic E-state index is 1.00. The Labute approximate surface area is 224 Å². The van der Waals surface area contributed by atoms with Crippen LogP contribution in [0.2, 0.25) is 0 Å². The number of aromatic nitrogens is 4. The first-order chi connectivity index (χ1) is 18.9. The molecule has 0 spiro atoms. The smallest absolute Gasteiger partial charge is 0.114 e. The van der Waals surface area contributed by atoms with Crippen LogP contribution in [0.15, 0.2) is 109 Å². The van der Waals surface area contributed by atoms with E-state index in [4.69, 9.17) is 9.97 Å². The van der Waals surface area contributed by atoms with Crippen molar-refractivity contribution in [2.45, 2.75) is 51.4 Å². The molecule has 6 rings (SSSR count). The average molecular weight is 499 g/mol. The van der Waals surface area contributed by atoms with Crippen molar-refractivity contribution in [3.05, 3.63) is 121 Å². The van der Waals surface area contributed by atoms with Gasteiger partial charge >= 0.3 is 0 Å². The third kappa shape index (κ3) is 5.12.